The van der Waals surface area contributed by atoms with Crippen molar-refractivity contribution in [2.75, 3.05) is 32.1 Å². The molecule has 1 aromatic heterocycles. The minimum absolute atomic E-state index is 0.295. The molecule has 1 fully saturated rings. The second-order valence-electron chi connectivity index (χ2n) is 5.46. The highest BCUT2D eigenvalue weighted by atomic mass is 32.2. The van der Waals surface area contributed by atoms with Gasteiger partial charge in [0.2, 0.25) is 5.89 Å². The first-order valence-corrected chi connectivity index (χ1v) is 8.05. The zero-order valence-electron chi connectivity index (χ0n) is 12.2. The van der Waals surface area contributed by atoms with Crippen LogP contribution in [0.3, 0.4) is 0 Å². The molecule has 0 amide bonds. The molecule has 2 unspecified atom stereocenters. The number of hydrogen-bond donors (Lipinski definition) is 1. The van der Waals surface area contributed by atoms with Crippen molar-refractivity contribution in [2.45, 2.75) is 32.4 Å². The normalized spacial score (nSPS) is 22.9. The van der Waals surface area contributed by atoms with Crippen molar-refractivity contribution in [1.29, 1.82) is 0 Å². The standard InChI is InChI=1S/C13H24N4OS/c1-9(2)10(14-3)7-12-15-13(16-18-12)11-8-19-6-5-17(11)4/h9-11,14H,5-8H2,1-4H3. The van der Waals surface area contributed by atoms with Crippen LogP contribution in [0.1, 0.15) is 31.6 Å². The number of thioether (sulfide) groups is 1. The van der Waals surface area contributed by atoms with Crippen LogP contribution >= 0.6 is 11.8 Å². The molecule has 2 heterocycles. The second kappa shape index (κ2) is 6.72. The van der Waals surface area contributed by atoms with E-state index in [9.17, 15) is 0 Å². The molecular weight excluding hydrogens is 260 g/mol. The first-order valence-electron chi connectivity index (χ1n) is 6.89. The summed E-state index contributed by atoms with van der Waals surface area (Å²) in [6.07, 6.45) is 0.796. The van der Waals surface area contributed by atoms with Crippen LogP contribution in [0.15, 0.2) is 4.52 Å². The van der Waals surface area contributed by atoms with Crippen LogP contribution in [-0.4, -0.2) is 53.2 Å². The van der Waals surface area contributed by atoms with E-state index >= 15 is 0 Å². The van der Waals surface area contributed by atoms with Crippen molar-refractivity contribution in [3.63, 3.8) is 0 Å². The maximum absolute atomic E-state index is 5.41. The lowest BCUT2D eigenvalue weighted by Crippen LogP contribution is -2.34. The average molecular weight is 284 g/mol. The van der Waals surface area contributed by atoms with E-state index in [1.54, 1.807) is 0 Å². The van der Waals surface area contributed by atoms with Crippen LogP contribution in [0.2, 0.25) is 0 Å². The highest BCUT2D eigenvalue weighted by molar-refractivity contribution is 7.99. The molecule has 1 saturated heterocycles. The summed E-state index contributed by atoms with van der Waals surface area (Å²) in [4.78, 5) is 6.89. The van der Waals surface area contributed by atoms with E-state index in [0.29, 0.717) is 18.0 Å². The number of rotatable bonds is 5. The molecule has 1 aliphatic heterocycles. The highest BCUT2D eigenvalue weighted by Crippen LogP contribution is 2.26. The summed E-state index contributed by atoms with van der Waals surface area (Å²) >= 11 is 1.96. The van der Waals surface area contributed by atoms with Gasteiger partial charge in [0.05, 0.1) is 6.04 Å². The van der Waals surface area contributed by atoms with Crippen molar-refractivity contribution in [3.8, 4) is 0 Å². The van der Waals surface area contributed by atoms with E-state index < -0.39 is 0 Å². The lowest BCUT2D eigenvalue weighted by Gasteiger charge is -2.29. The van der Waals surface area contributed by atoms with Gasteiger partial charge in [0.15, 0.2) is 5.82 Å². The zero-order valence-corrected chi connectivity index (χ0v) is 13.0. The van der Waals surface area contributed by atoms with Gasteiger partial charge in [0.1, 0.15) is 0 Å². The van der Waals surface area contributed by atoms with Gasteiger partial charge < -0.3 is 9.84 Å². The lowest BCUT2D eigenvalue weighted by molar-refractivity contribution is 0.256. The Morgan fingerprint density at radius 2 is 2.32 bits per heavy atom. The van der Waals surface area contributed by atoms with Gasteiger partial charge in [-0.1, -0.05) is 19.0 Å². The second-order valence-corrected chi connectivity index (χ2v) is 6.61. The quantitative estimate of drug-likeness (QED) is 0.886. The SMILES string of the molecule is CNC(Cc1nc(C2CSCCN2C)no1)C(C)C. The Labute approximate surface area is 119 Å². The molecule has 0 aliphatic carbocycles. The van der Waals surface area contributed by atoms with Gasteiger partial charge in [0.25, 0.3) is 0 Å². The van der Waals surface area contributed by atoms with Crippen LogP contribution in [0.5, 0.6) is 0 Å². The molecule has 1 N–H and O–H groups in total. The largest absolute Gasteiger partial charge is 0.339 e. The maximum atomic E-state index is 5.41. The van der Waals surface area contributed by atoms with Crippen molar-refractivity contribution >= 4 is 11.8 Å². The predicted molar refractivity (Wildman–Crippen MR) is 78.4 cm³/mol. The molecule has 2 atom stereocenters. The molecule has 0 spiro atoms. The number of likely N-dealkylation sites (N-methyl/N-ethyl adjacent to an activating group) is 1. The summed E-state index contributed by atoms with van der Waals surface area (Å²) in [5.41, 5.74) is 0. The van der Waals surface area contributed by atoms with Crippen molar-refractivity contribution < 1.29 is 4.52 Å². The smallest absolute Gasteiger partial charge is 0.228 e. The van der Waals surface area contributed by atoms with Crippen molar-refractivity contribution in [3.05, 3.63) is 11.7 Å². The van der Waals surface area contributed by atoms with E-state index in [-0.39, 0.29) is 0 Å². The Morgan fingerprint density at radius 3 is 2.95 bits per heavy atom. The molecule has 2 rings (SSSR count). The zero-order chi connectivity index (χ0) is 13.8. The van der Waals surface area contributed by atoms with Gasteiger partial charge in [-0.3, -0.25) is 4.90 Å². The van der Waals surface area contributed by atoms with Crippen LogP contribution < -0.4 is 5.32 Å². The summed E-state index contributed by atoms with van der Waals surface area (Å²) in [6.45, 7) is 5.48. The summed E-state index contributed by atoms with van der Waals surface area (Å²) < 4.78 is 5.41. The maximum Gasteiger partial charge on any atom is 0.228 e. The molecule has 0 radical (unpaired) electrons. The summed E-state index contributed by atoms with van der Waals surface area (Å²) in [5, 5.41) is 7.47. The van der Waals surface area contributed by atoms with Crippen LogP contribution in [0.25, 0.3) is 0 Å². The fourth-order valence-electron chi connectivity index (χ4n) is 2.30. The molecule has 5 nitrogen and oxygen atoms in total. The third-order valence-electron chi connectivity index (χ3n) is 3.75. The molecule has 6 heteroatoms. The van der Waals surface area contributed by atoms with Gasteiger partial charge in [-0.15, -0.1) is 0 Å². The molecule has 1 aromatic rings. The third-order valence-corrected chi connectivity index (χ3v) is 4.77. The van der Waals surface area contributed by atoms with E-state index in [0.717, 1.165) is 30.4 Å². The Hall–Kier alpha value is -0.590. The molecule has 0 bridgehead atoms. The van der Waals surface area contributed by atoms with E-state index in [1.165, 1.54) is 5.75 Å². The van der Waals surface area contributed by atoms with Gasteiger partial charge in [-0.2, -0.15) is 16.7 Å². The number of hydrogen-bond acceptors (Lipinski definition) is 6. The van der Waals surface area contributed by atoms with Crippen LogP contribution in [0, 0.1) is 5.92 Å². The van der Waals surface area contributed by atoms with Crippen LogP contribution in [-0.2, 0) is 6.42 Å². The Kier molecular flexibility index (Phi) is 5.24. The van der Waals surface area contributed by atoms with Gasteiger partial charge in [0, 0.05) is 30.5 Å². The number of nitrogens with zero attached hydrogens (tertiary/aromatic N) is 3. The minimum Gasteiger partial charge on any atom is -0.339 e. The van der Waals surface area contributed by atoms with E-state index in [1.807, 2.05) is 18.8 Å². The van der Waals surface area contributed by atoms with Crippen molar-refractivity contribution in [1.82, 2.24) is 20.4 Å². The number of aromatic nitrogens is 2. The van der Waals surface area contributed by atoms with E-state index in [2.05, 4.69) is 41.3 Å². The molecule has 1 aliphatic rings. The van der Waals surface area contributed by atoms with Gasteiger partial charge in [-0.25, -0.2) is 0 Å². The summed E-state index contributed by atoms with van der Waals surface area (Å²) in [5.74, 6) is 4.37. The molecule has 0 aromatic carbocycles. The molecule has 19 heavy (non-hydrogen) atoms. The van der Waals surface area contributed by atoms with Crippen LogP contribution in [0.4, 0.5) is 0 Å². The van der Waals surface area contributed by atoms with Gasteiger partial charge >= 0.3 is 0 Å². The monoisotopic (exact) mass is 284 g/mol. The fourth-order valence-corrected chi connectivity index (χ4v) is 3.51. The average Bonchev–Trinajstić information content (AvgIpc) is 2.84. The fraction of sp³-hybridized carbons (Fsp3) is 0.846. The first-order chi connectivity index (χ1) is 9.11. The van der Waals surface area contributed by atoms with E-state index in [4.69, 9.17) is 4.52 Å². The molecular formula is C13H24N4OS. The number of nitrogens with one attached hydrogen (secondary N) is 1. The first kappa shape index (κ1) is 14.8. The lowest BCUT2D eigenvalue weighted by atomic mass is 10.0. The summed E-state index contributed by atoms with van der Waals surface area (Å²) in [7, 11) is 4.11. The Morgan fingerprint density at radius 1 is 1.53 bits per heavy atom. The predicted octanol–water partition coefficient (Wildman–Crippen LogP) is 1.58. The summed E-state index contributed by atoms with van der Waals surface area (Å²) in [6, 6.07) is 0.676. The molecule has 108 valence electrons. The highest BCUT2D eigenvalue weighted by Gasteiger charge is 2.26. The minimum atomic E-state index is 0.295. The Balaban J connectivity index is 2.02. The third kappa shape index (κ3) is 3.70. The Bertz CT molecular complexity index is 396. The topological polar surface area (TPSA) is 54.2 Å². The molecule has 0 saturated carbocycles. The van der Waals surface area contributed by atoms with Crippen molar-refractivity contribution in [2.24, 2.45) is 5.92 Å². The van der Waals surface area contributed by atoms with Gasteiger partial charge in [-0.05, 0) is 20.0 Å².